The number of benzene rings is 1. The number of nitrogens with zero attached hydrogens (tertiary/aromatic N) is 3. The molecule has 7 nitrogen and oxygen atoms in total. The van der Waals surface area contributed by atoms with E-state index in [-0.39, 0.29) is 0 Å². The van der Waals surface area contributed by atoms with Crippen LogP contribution in [0.25, 0.3) is 11.2 Å². The summed E-state index contributed by atoms with van der Waals surface area (Å²) < 4.78 is 6.51. The summed E-state index contributed by atoms with van der Waals surface area (Å²) in [6, 6.07) is 10.9. The topological polar surface area (TPSA) is 86.1 Å². The lowest BCUT2D eigenvalue weighted by Gasteiger charge is -2.11. The number of aromatic nitrogens is 3. The van der Waals surface area contributed by atoms with Crippen LogP contribution in [-0.4, -0.2) is 39.6 Å². The van der Waals surface area contributed by atoms with Gasteiger partial charge >= 0.3 is 5.97 Å². The molecule has 1 N–H and O–H groups in total. The van der Waals surface area contributed by atoms with E-state index in [1.165, 1.54) is 13.3 Å². The second-order valence-electron chi connectivity index (χ2n) is 5.64. The zero-order valence-electron chi connectivity index (χ0n) is 14.0. The highest BCUT2D eigenvalue weighted by atomic mass is 16.5. The fraction of sp³-hybridized carbons (Fsp3) is 0.222. The predicted octanol–water partition coefficient (Wildman–Crippen LogP) is 1.77. The number of ether oxygens (including phenoxy) is 1. The molecular formula is C18H18N4O3. The van der Waals surface area contributed by atoms with E-state index in [2.05, 4.69) is 20.0 Å². The van der Waals surface area contributed by atoms with Gasteiger partial charge in [-0.1, -0.05) is 30.3 Å². The Morgan fingerprint density at radius 3 is 2.72 bits per heavy atom. The first-order chi connectivity index (χ1) is 12.1. The number of esters is 1. The smallest absolute Gasteiger partial charge is 0.328 e. The standard InChI is InChI=1S/C18H18N4O3/c1-12(18(24)25-2)21-17(23)14-8-15-16(19-9-14)22(11-20-15)10-13-6-4-3-5-7-13/h3-9,11-12H,10H2,1-2H3,(H,21,23)/t12-/m1/s1. The van der Waals surface area contributed by atoms with E-state index in [1.54, 1.807) is 19.3 Å². The predicted molar refractivity (Wildman–Crippen MR) is 92.0 cm³/mol. The fourth-order valence-electron chi connectivity index (χ4n) is 2.48. The van der Waals surface area contributed by atoms with E-state index < -0.39 is 17.9 Å². The van der Waals surface area contributed by atoms with Gasteiger partial charge in [-0.25, -0.2) is 14.8 Å². The van der Waals surface area contributed by atoms with E-state index in [0.717, 1.165) is 5.56 Å². The summed E-state index contributed by atoms with van der Waals surface area (Å²) in [5, 5.41) is 2.57. The second kappa shape index (κ2) is 7.12. The molecule has 0 radical (unpaired) electrons. The highest BCUT2D eigenvalue weighted by Crippen LogP contribution is 2.14. The van der Waals surface area contributed by atoms with Crippen molar-refractivity contribution in [2.45, 2.75) is 19.5 Å². The third-order valence-corrected chi connectivity index (χ3v) is 3.82. The molecular weight excluding hydrogens is 320 g/mol. The van der Waals surface area contributed by atoms with Crippen LogP contribution in [0.1, 0.15) is 22.8 Å². The Balaban J connectivity index is 1.79. The number of pyridine rings is 1. The Labute approximate surface area is 144 Å². The zero-order valence-corrected chi connectivity index (χ0v) is 14.0. The first-order valence-electron chi connectivity index (χ1n) is 7.82. The van der Waals surface area contributed by atoms with Gasteiger partial charge in [0.1, 0.15) is 11.6 Å². The van der Waals surface area contributed by atoms with Gasteiger partial charge in [-0.2, -0.15) is 0 Å². The maximum Gasteiger partial charge on any atom is 0.328 e. The number of carbonyl (C=O) groups excluding carboxylic acids is 2. The second-order valence-corrected chi connectivity index (χ2v) is 5.64. The summed E-state index contributed by atoms with van der Waals surface area (Å²) in [5.74, 6) is -0.903. The molecule has 3 aromatic rings. The van der Waals surface area contributed by atoms with Gasteiger partial charge in [-0.3, -0.25) is 4.79 Å². The molecule has 0 aliphatic carbocycles. The van der Waals surface area contributed by atoms with Gasteiger partial charge in [0.2, 0.25) is 0 Å². The lowest BCUT2D eigenvalue weighted by Crippen LogP contribution is -2.39. The maximum absolute atomic E-state index is 12.2. The molecule has 0 aliphatic heterocycles. The van der Waals surface area contributed by atoms with E-state index in [4.69, 9.17) is 0 Å². The number of carbonyl (C=O) groups is 2. The van der Waals surface area contributed by atoms with Crippen molar-refractivity contribution in [3.63, 3.8) is 0 Å². The van der Waals surface area contributed by atoms with Gasteiger partial charge in [0, 0.05) is 6.20 Å². The van der Waals surface area contributed by atoms with Gasteiger partial charge < -0.3 is 14.6 Å². The molecule has 2 heterocycles. The minimum Gasteiger partial charge on any atom is -0.467 e. The van der Waals surface area contributed by atoms with Crippen LogP contribution in [0.2, 0.25) is 0 Å². The Kier molecular flexibility index (Phi) is 4.74. The normalized spacial score (nSPS) is 11.9. The summed E-state index contributed by atoms with van der Waals surface area (Å²) >= 11 is 0. The molecule has 7 heteroatoms. The Bertz CT molecular complexity index is 905. The van der Waals surface area contributed by atoms with E-state index in [9.17, 15) is 9.59 Å². The number of fused-ring (bicyclic) bond motifs is 1. The molecule has 0 bridgehead atoms. The van der Waals surface area contributed by atoms with Crippen molar-refractivity contribution in [3.8, 4) is 0 Å². The van der Waals surface area contributed by atoms with Crippen LogP contribution in [0.5, 0.6) is 0 Å². The van der Waals surface area contributed by atoms with Crippen LogP contribution in [0.15, 0.2) is 48.9 Å². The molecule has 128 valence electrons. The zero-order chi connectivity index (χ0) is 17.8. The molecule has 2 aromatic heterocycles. The summed E-state index contributed by atoms with van der Waals surface area (Å²) in [7, 11) is 1.28. The minimum absolute atomic E-state index is 0.341. The van der Waals surface area contributed by atoms with Crippen LogP contribution in [0.4, 0.5) is 0 Å². The van der Waals surface area contributed by atoms with Crippen molar-refractivity contribution < 1.29 is 14.3 Å². The molecule has 1 aromatic carbocycles. The van der Waals surface area contributed by atoms with Gasteiger partial charge in [0.15, 0.2) is 5.65 Å². The van der Waals surface area contributed by atoms with Crippen LogP contribution in [-0.2, 0) is 16.1 Å². The average molecular weight is 338 g/mol. The molecule has 0 saturated carbocycles. The number of imidazole rings is 1. The maximum atomic E-state index is 12.2. The number of hydrogen-bond donors (Lipinski definition) is 1. The Morgan fingerprint density at radius 1 is 1.24 bits per heavy atom. The minimum atomic E-state index is -0.733. The Hall–Kier alpha value is -3.22. The number of amides is 1. The summed E-state index contributed by atoms with van der Waals surface area (Å²) in [5.41, 5.74) is 2.79. The van der Waals surface area contributed by atoms with Crippen LogP contribution >= 0.6 is 0 Å². The van der Waals surface area contributed by atoms with Crippen LogP contribution in [0.3, 0.4) is 0 Å². The van der Waals surface area contributed by atoms with Crippen LogP contribution in [0, 0.1) is 0 Å². The molecule has 1 amide bonds. The lowest BCUT2D eigenvalue weighted by atomic mass is 10.2. The highest BCUT2D eigenvalue weighted by Gasteiger charge is 2.18. The summed E-state index contributed by atoms with van der Waals surface area (Å²) in [4.78, 5) is 32.3. The van der Waals surface area contributed by atoms with Crippen LogP contribution < -0.4 is 5.32 Å². The molecule has 0 saturated heterocycles. The molecule has 0 aliphatic rings. The Morgan fingerprint density at radius 2 is 2.00 bits per heavy atom. The number of nitrogens with one attached hydrogen (secondary N) is 1. The average Bonchev–Trinajstić information content (AvgIpc) is 3.03. The molecule has 1 atom stereocenters. The molecule has 0 fully saturated rings. The molecule has 0 unspecified atom stereocenters. The largest absolute Gasteiger partial charge is 0.467 e. The van der Waals surface area contributed by atoms with Gasteiger partial charge in [-0.15, -0.1) is 0 Å². The van der Waals surface area contributed by atoms with E-state index >= 15 is 0 Å². The van der Waals surface area contributed by atoms with Crippen molar-refractivity contribution in [1.29, 1.82) is 0 Å². The summed E-state index contributed by atoms with van der Waals surface area (Å²) in [6.45, 7) is 2.21. The van der Waals surface area contributed by atoms with E-state index in [0.29, 0.717) is 23.3 Å². The lowest BCUT2D eigenvalue weighted by molar-refractivity contribution is -0.142. The van der Waals surface area contributed by atoms with Crippen molar-refractivity contribution in [3.05, 3.63) is 60.0 Å². The fourth-order valence-corrected chi connectivity index (χ4v) is 2.48. The molecule has 3 rings (SSSR count). The van der Waals surface area contributed by atoms with E-state index in [1.807, 2.05) is 34.9 Å². The monoisotopic (exact) mass is 338 g/mol. The number of rotatable bonds is 5. The quantitative estimate of drug-likeness (QED) is 0.717. The first kappa shape index (κ1) is 16.6. The van der Waals surface area contributed by atoms with Gasteiger partial charge in [0.05, 0.1) is 25.5 Å². The SMILES string of the molecule is COC(=O)[C@@H](C)NC(=O)c1cnc2c(c1)ncn2Cc1ccccc1. The first-order valence-corrected chi connectivity index (χ1v) is 7.82. The summed E-state index contributed by atoms with van der Waals surface area (Å²) in [6.07, 6.45) is 3.17. The third kappa shape index (κ3) is 3.65. The third-order valence-electron chi connectivity index (χ3n) is 3.82. The van der Waals surface area contributed by atoms with Crippen molar-refractivity contribution in [2.75, 3.05) is 7.11 Å². The van der Waals surface area contributed by atoms with Gasteiger partial charge in [0.25, 0.3) is 5.91 Å². The molecule has 25 heavy (non-hydrogen) atoms. The molecule has 0 spiro atoms. The number of methoxy groups -OCH3 is 1. The van der Waals surface area contributed by atoms with Crippen molar-refractivity contribution >= 4 is 23.0 Å². The van der Waals surface area contributed by atoms with Crippen molar-refractivity contribution in [1.82, 2.24) is 19.9 Å². The number of hydrogen-bond acceptors (Lipinski definition) is 5. The van der Waals surface area contributed by atoms with Gasteiger partial charge in [-0.05, 0) is 18.6 Å². The highest BCUT2D eigenvalue weighted by molar-refractivity contribution is 5.98. The van der Waals surface area contributed by atoms with Crippen molar-refractivity contribution in [2.24, 2.45) is 0 Å².